The summed E-state index contributed by atoms with van der Waals surface area (Å²) >= 11 is 0. The van der Waals surface area contributed by atoms with Crippen molar-refractivity contribution in [2.24, 2.45) is 0 Å². The van der Waals surface area contributed by atoms with Gasteiger partial charge in [-0.25, -0.2) is 4.39 Å². The van der Waals surface area contributed by atoms with E-state index in [1.54, 1.807) is 18.2 Å². The Hall–Kier alpha value is -2.89. The van der Waals surface area contributed by atoms with Crippen LogP contribution in [-0.2, 0) is 4.79 Å². The highest BCUT2D eigenvalue weighted by Crippen LogP contribution is 2.24. The minimum absolute atomic E-state index is 0.0941. The van der Waals surface area contributed by atoms with Crippen molar-refractivity contribution in [3.05, 3.63) is 53.8 Å². The van der Waals surface area contributed by atoms with Gasteiger partial charge in [-0.3, -0.25) is 9.59 Å². The number of amides is 1. The summed E-state index contributed by atoms with van der Waals surface area (Å²) in [7, 11) is 0. The number of halogens is 1. The van der Waals surface area contributed by atoms with Gasteiger partial charge in [0, 0.05) is 12.1 Å². The molecule has 0 heterocycles. The summed E-state index contributed by atoms with van der Waals surface area (Å²) in [6.07, 6.45) is 1.18. The Bertz CT molecular complexity index is 759. The molecule has 0 aliphatic rings. The summed E-state index contributed by atoms with van der Waals surface area (Å²) in [5.41, 5.74) is 0.949. The van der Waals surface area contributed by atoms with Gasteiger partial charge < -0.3 is 14.8 Å². The van der Waals surface area contributed by atoms with Crippen LogP contribution in [0.15, 0.2) is 42.5 Å². The summed E-state index contributed by atoms with van der Waals surface area (Å²) in [5.74, 6) is 0.379. The van der Waals surface area contributed by atoms with E-state index in [-0.39, 0.29) is 30.7 Å². The molecule has 0 fully saturated rings. The van der Waals surface area contributed by atoms with E-state index in [1.807, 2.05) is 6.92 Å². The number of benzene rings is 2. The van der Waals surface area contributed by atoms with E-state index in [0.717, 1.165) is 6.42 Å². The van der Waals surface area contributed by atoms with Crippen molar-refractivity contribution in [1.82, 2.24) is 0 Å². The van der Waals surface area contributed by atoms with Gasteiger partial charge in [0.1, 0.15) is 30.5 Å². The Balaban J connectivity index is 1.94. The van der Waals surface area contributed by atoms with E-state index in [0.29, 0.717) is 29.2 Å². The average Bonchev–Trinajstić information content (AvgIpc) is 2.61. The number of Topliss-reactive ketones (excluding diaryl/α,β-unsaturated/α-hetero) is 1. The van der Waals surface area contributed by atoms with Crippen LogP contribution < -0.4 is 14.8 Å². The first kappa shape index (κ1) is 19.4. The van der Waals surface area contributed by atoms with Gasteiger partial charge in [-0.1, -0.05) is 6.92 Å². The number of rotatable bonds is 9. The lowest BCUT2D eigenvalue weighted by Gasteiger charge is -2.13. The van der Waals surface area contributed by atoms with E-state index in [4.69, 9.17) is 9.47 Å². The molecule has 6 heteroatoms. The second kappa shape index (κ2) is 9.56. The minimum Gasteiger partial charge on any atom is -0.490 e. The van der Waals surface area contributed by atoms with Gasteiger partial charge in [0.05, 0.1) is 5.56 Å². The Morgan fingerprint density at radius 3 is 2.38 bits per heavy atom. The van der Waals surface area contributed by atoms with Gasteiger partial charge in [-0.05, 0) is 55.8 Å². The third-order valence-electron chi connectivity index (χ3n) is 3.54. The molecule has 0 aliphatic carbocycles. The SMILES string of the molecule is CCCC(=O)Nc1ccc(OCCOc2ccc(F)cc2)c(C(C)=O)c1. The summed E-state index contributed by atoms with van der Waals surface area (Å²) in [5, 5.41) is 2.76. The van der Waals surface area contributed by atoms with Crippen LogP contribution in [0.5, 0.6) is 11.5 Å². The predicted molar refractivity (Wildman–Crippen MR) is 97.4 cm³/mol. The van der Waals surface area contributed by atoms with Gasteiger partial charge in [0.15, 0.2) is 5.78 Å². The molecule has 0 atom stereocenters. The first-order valence-electron chi connectivity index (χ1n) is 8.45. The van der Waals surface area contributed by atoms with E-state index in [2.05, 4.69) is 5.32 Å². The smallest absolute Gasteiger partial charge is 0.224 e. The largest absolute Gasteiger partial charge is 0.490 e. The first-order valence-corrected chi connectivity index (χ1v) is 8.45. The van der Waals surface area contributed by atoms with Crippen molar-refractivity contribution < 1.29 is 23.5 Å². The van der Waals surface area contributed by atoms with Gasteiger partial charge >= 0.3 is 0 Å². The molecule has 1 amide bonds. The monoisotopic (exact) mass is 359 g/mol. The zero-order chi connectivity index (χ0) is 18.9. The Morgan fingerprint density at radius 2 is 1.73 bits per heavy atom. The summed E-state index contributed by atoms with van der Waals surface area (Å²) in [6.45, 7) is 3.83. The van der Waals surface area contributed by atoms with Crippen molar-refractivity contribution >= 4 is 17.4 Å². The second-order valence-corrected chi connectivity index (χ2v) is 5.72. The summed E-state index contributed by atoms with van der Waals surface area (Å²) in [4.78, 5) is 23.5. The van der Waals surface area contributed by atoms with Crippen molar-refractivity contribution in [3.63, 3.8) is 0 Å². The van der Waals surface area contributed by atoms with Crippen LogP contribution in [0.4, 0.5) is 10.1 Å². The molecule has 138 valence electrons. The molecule has 5 nitrogen and oxygen atoms in total. The minimum atomic E-state index is -0.328. The van der Waals surface area contributed by atoms with Crippen molar-refractivity contribution in [2.45, 2.75) is 26.7 Å². The fourth-order valence-corrected chi connectivity index (χ4v) is 2.30. The average molecular weight is 359 g/mol. The molecule has 0 aromatic heterocycles. The molecule has 2 aromatic rings. The molecular formula is C20H22FNO4. The number of hydrogen-bond donors (Lipinski definition) is 1. The fraction of sp³-hybridized carbons (Fsp3) is 0.300. The number of hydrogen-bond acceptors (Lipinski definition) is 4. The van der Waals surface area contributed by atoms with Gasteiger partial charge in [-0.15, -0.1) is 0 Å². The quantitative estimate of drug-likeness (QED) is 0.538. The number of nitrogens with one attached hydrogen (secondary N) is 1. The van der Waals surface area contributed by atoms with E-state index in [9.17, 15) is 14.0 Å². The number of carbonyl (C=O) groups is 2. The summed E-state index contributed by atoms with van der Waals surface area (Å²) in [6, 6.07) is 10.6. The third kappa shape index (κ3) is 5.88. The van der Waals surface area contributed by atoms with Gasteiger partial charge in [-0.2, -0.15) is 0 Å². The number of anilines is 1. The molecule has 0 bridgehead atoms. The highest BCUT2D eigenvalue weighted by atomic mass is 19.1. The maximum Gasteiger partial charge on any atom is 0.224 e. The lowest BCUT2D eigenvalue weighted by atomic mass is 10.1. The van der Waals surface area contributed by atoms with E-state index in [1.165, 1.54) is 31.2 Å². The Kier molecular flexibility index (Phi) is 7.14. The van der Waals surface area contributed by atoms with Crippen molar-refractivity contribution in [2.75, 3.05) is 18.5 Å². The number of ether oxygens (including phenoxy) is 2. The molecule has 0 unspecified atom stereocenters. The van der Waals surface area contributed by atoms with Crippen LogP contribution in [0, 0.1) is 5.82 Å². The second-order valence-electron chi connectivity index (χ2n) is 5.72. The molecular weight excluding hydrogens is 337 g/mol. The van der Waals surface area contributed by atoms with Crippen LogP contribution >= 0.6 is 0 Å². The Labute approximate surface area is 152 Å². The maximum atomic E-state index is 12.8. The standard InChI is InChI=1S/C20H22FNO4/c1-3-4-20(24)22-16-7-10-19(18(13-16)14(2)23)26-12-11-25-17-8-5-15(21)6-9-17/h5-10,13H,3-4,11-12H2,1-2H3,(H,22,24). The van der Waals surface area contributed by atoms with E-state index >= 15 is 0 Å². The van der Waals surface area contributed by atoms with Gasteiger partial charge in [0.2, 0.25) is 5.91 Å². The molecule has 0 spiro atoms. The number of ketones is 1. The van der Waals surface area contributed by atoms with Crippen molar-refractivity contribution in [3.8, 4) is 11.5 Å². The number of carbonyl (C=O) groups excluding carboxylic acids is 2. The lowest BCUT2D eigenvalue weighted by Crippen LogP contribution is -2.13. The first-order chi connectivity index (χ1) is 12.5. The van der Waals surface area contributed by atoms with Crippen LogP contribution in [0.3, 0.4) is 0 Å². The molecule has 0 radical (unpaired) electrons. The van der Waals surface area contributed by atoms with Gasteiger partial charge in [0.25, 0.3) is 0 Å². The zero-order valence-corrected chi connectivity index (χ0v) is 14.9. The molecule has 26 heavy (non-hydrogen) atoms. The molecule has 0 aliphatic heterocycles. The molecule has 0 saturated heterocycles. The Morgan fingerprint density at radius 1 is 1.04 bits per heavy atom. The van der Waals surface area contributed by atoms with Crippen LogP contribution in [-0.4, -0.2) is 24.9 Å². The van der Waals surface area contributed by atoms with Crippen LogP contribution in [0.2, 0.25) is 0 Å². The zero-order valence-electron chi connectivity index (χ0n) is 14.9. The topological polar surface area (TPSA) is 64.6 Å². The molecule has 2 aromatic carbocycles. The fourth-order valence-electron chi connectivity index (χ4n) is 2.30. The van der Waals surface area contributed by atoms with Crippen LogP contribution in [0.25, 0.3) is 0 Å². The lowest BCUT2D eigenvalue weighted by molar-refractivity contribution is -0.116. The molecule has 2 rings (SSSR count). The maximum absolute atomic E-state index is 12.8. The van der Waals surface area contributed by atoms with Crippen LogP contribution in [0.1, 0.15) is 37.0 Å². The molecule has 0 saturated carbocycles. The highest BCUT2D eigenvalue weighted by Gasteiger charge is 2.11. The highest BCUT2D eigenvalue weighted by molar-refractivity contribution is 5.99. The summed E-state index contributed by atoms with van der Waals surface area (Å²) < 4.78 is 23.9. The molecule has 1 N–H and O–H groups in total. The normalized spacial score (nSPS) is 10.3. The third-order valence-corrected chi connectivity index (χ3v) is 3.54. The van der Waals surface area contributed by atoms with Crippen molar-refractivity contribution in [1.29, 1.82) is 0 Å². The van der Waals surface area contributed by atoms with E-state index < -0.39 is 0 Å². The predicted octanol–water partition coefficient (Wildman–Crippen LogP) is 4.22.